The molecule has 4 heteroatoms. The van der Waals surface area contributed by atoms with Crippen LogP contribution >= 0.6 is 11.3 Å². The monoisotopic (exact) mass is 305 g/mol. The lowest BCUT2D eigenvalue weighted by Crippen LogP contribution is -2.23. The molecular weight excluding hydrogens is 282 g/mol. The number of nitrogens with one attached hydrogen (secondary N) is 1. The molecular formula is C17H23NO2S. The first-order chi connectivity index (χ1) is 10.3. The first-order valence-corrected chi connectivity index (χ1v) is 8.13. The molecule has 1 unspecified atom stereocenters. The number of ether oxygens (including phenoxy) is 2. The van der Waals surface area contributed by atoms with Crippen molar-refractivity contribution in [3.8, 4) is 11.5 Å². The maximum absolute atomic E-state index is 5.31. The van der Waals surface area contributed by atoms with Gasteiger partial charge in [0, 0.05) is 16.3 Å². The summed E-state index contributed by atoms with van der Waals surface area (Å²) in [4.78, 5) is 1.31. The van der Waals surface area contributed by atoms with E-state index in [9.17, 15) is 0 Å². The van der Waals surface area contributed by atoms with Gasteiger partial charge in [0.1, 0.15) is 11.5 Å². The fraction of sp³-hybridized carbons (Fsp3) is 0.412. The number of thiophene rings is 1. The van der Waals surface area contributed by atoms with Gasteiger partial charge in [-0.05, 0) is 43.1 Å². The molecule has 1 aromatic heterocycles. The van der Waals surface area contributed by atoms with E-state index in [1.165, 1.54) is 10.4 Å². The number of methoxy groups -OCH3 is 2. The van der Waals surface area contributed by atoms with Gasteiger partial charge in [-0.1, -0.05) is 19.1 Å². The van der Waals surface area contributed by atoms with Crippen molar-refractivity contribution < 1.29 is 9.47 Å². The smallest absolute Gasteiger partial charge is 0.129 e. The van der Waals surface area contributed by atoms with Gasteiger partial charge in [-0.15, -0.1) is 11.3 Å². The predicted molar refractivity (Wildman–Crippen MR) is 88.6 cm³/mol. The molecule has 0 spiro atoms. The highest BCUT2D eigenvalue weighted by atomic mass is 32.1. The Balaban J connectivity index is 2.15. The van der Waals surface area contributed by atoms with Crippen LogP contribution < -0.4 is 14.8 Å². The summed E-state index contributed by atoms with van der Waals surface area (Å²) in [5, 5.41) is 5.68. The maximum Gasteiger partial charge on any atom is 0.129 e. The molecule has 3 nitrogen and oxygen atoms in total. The molecule has 1 atom stereocenters. The fourth-order valence-corrected chi connectivity index (χ4v) is 3.18. The summed E-state index contributed by atoms with van der Waals surface area (Å²) in [7, 11) is 3.42. The van der Waals surface area contributed by atoms with Crippen LogP contribution in [-0.2, 0) is 6.42 Å². The lowest BCUT2D eigenvalue weighted by molar-refractivity contribution is 0.413. The van der Waals surface area contributed by atoms with Crippen molar-refractivity contribution in [1.29, 1.82) is 0 Å². The van der Waals surface area contributed by atoms with E-state index in [2.05, 4.69) is 35.8 Å². The Kier molecular flexibility index (Phi) is 6.08. The van der Waals surface area contributed by atoms with Crippen LogP contribution in [-0.4, -0.2) is 20.8 Å². The lowest BCUT2D eigenvalue weighted by Gasteiger charge is -2.17. The van der Waals surface area contributed by atoms with E-state index in [-0.39, 0.29) is 0 Å². The maximum atomic E-state index is 5.31. The van der Waals surface area contributed by atoms with Gasteiger partial charge < -0.3 is 14.8 Å². The quantitative estimate of drug-likeness (QED) is 0.798. The molecule has 21 heavy (non-hydrogen) atoms. The summed E-state index contributed by atoms with van der Waals surface area (Å²) in [6.45, 7) is 3.19. The number of benzene rings is 1. The van der Waals surface area contributed by atoms with Crippen molar-refractivity contribution in [2.45, 2.75) is 25.8 Å². The van der Waals surface area contributed by atoms with Gasteiger partial charge in [0.25, 0.3) is 0 Å². The molecule has 0 aliphatic carbocycles. The standard InChI is InChI=1S/C17H23NO2S/c1-4-8-18-16(17-11-15(20-3)12-21-17)10-13-6-5-7-14(9-13)19-2/h5-7,9,11-12,16,18H,4,8,10H2,1-3H3. The molecule has 2 rings (SSSR count). The van der Waals surface area contributed by atoms with Crippen molar-refractivity contribution in [2.75, 3.05) is 20.8 Å². The first kappa shape index (κ1) is 15.9. The Morgan fingerprint density at radius 2 is 1.95 bits per heavy atom. The van der Waals surface area contributed by atoms with Crippen molar-refractivity contribution in [2.24, 2.45) is 0 Å². The predicted octanol–water partition coefficient (Wildman–Crippen LogP) is 4.05. The Labute approximate surface area is 130 Å². The van der Waals surface area contributed by atoms with Gasteiger partial charge in [-0.3, -0.25) is 0 Å². The average molecular weight is 305 g/mol. The molecule has 1 heterocycles. The summed E-state index contributed by atoms with van der Waals surface area (Å²) >= 11 is 1.74. The lowest BCUT2D eigenvalue weighted by atomic mass is 10.0. The van der Waals surface area contributed by atoms with Gasteiger partial charge in [0.05, 0.1) is 14.2 Å². The topological polar surface area (TPSA) is 30.5 Å². The van der Waals surface area contributed by atoms with Crippen LogP contribution in [0.3, 0.4) is 0 Å². The van der Waals surface area contributed by atoms with E-state index >= 15 is 0 Å². The number of rotatable bonds is 8. The Morgan fingerprint density at radius 1 is 1.14 bits per heavy atom. The van der Waals surface area contributed by atoms with E-state index in [0.717, 1.165) is 30.9 Å². The van der Waals surface area contributed by atoms with Crippen LogP contribution in [0.5, 0.6) is 11.5 Å². The SMILES string of the molecule is CCCNC(Cc1cccc(OC)c1)c1cc(OC)cs1. The molecule has 1 N–H and O–H groups in total. The van der Waals surface area contributed by atoms with Crippen molar-refractivity contribution in [3.05, 3.63) is 46.2 Å². The average Bonchev–Trinajstić information content (AvgIpc) is 3.00. The Morgan fingerprint density at radius 3 is 2.62 bits per heavy atom. The summed E-state index contributed by atoms with van der Waals surface area (Å²) in [5.74, 6) is 1.84. The van der Waals surface area contributed by atoms with E-state index in [1.54, 1.807) is 25.6 Å². The van der Waals surface area contributed by atoms with Gasteiger partial charge in [0.15, 0.2) is 0 Å². The minimum Gasteiger partial charge on any atom is -0.497 e. The van der Waals surface area contributed by atoms with E-state index in [0.29, 0.717) is 6.04 Å². The molecule has 0 radical (unpaired) electrons. The van der Waals surface area contributed by atoms with Crippen molar-refractivity contribution in [3.63, 3.8) is 0 Å². The van der Waals surface area contributed by atoms with Crippen LogP contribution in [0.4, 0.5) is 0 Å². The molecule has 0 saturated carbocycles. The molecule has 0 amide bonds. The van der Waals surface area contributed by atoms with E-state index in [4.69, 9.17) is 9.47 Å². The summed E-state index contributed by atoms with van der Waals surface area (Å²) in [6, 6.07) is 10.7. The minimum absolute atomic E-state index is 0.311. The third-order valence-corrected chi connectivity index (χ3v) is 4.41. The molecule has 2 aromatic rings. The Bertz CT molecular complexity index is 553. The number of hydrogen-bond acceptors (Lipinski definition) is 4. The van der Waals surface area contributed by atoms with Crippen molar-refractivity contribution >= 4 is 11.3 Å². The van der Waals surface area contributed by atoms with E-state index in [1.807, 2.05) is 12.1 Å². The first-order valence-electron chi connectivity index (χ1n) is 7.25. The van der Waals surface area contributed by atoms with Crippen LogP contribution in [0.2, 0.25) is 0 Å². The fourth-order valence-electron chi connectivity index (χ4n) is 2.25. The highest BCUT2D eigenvalue weighted by molar-refractivity contribution is 7.10. The van der Waals surface area contributed by atoms with Crippen LogP contribution in [0.1, 0.15) is 29.8 Å². The van der Waals surface area contributed by atoms with Gasteiger partial charge in [-0.2, -0.15) is 0 Å². The summed E-state index contributed by atoms with van der Waals surface area (Å²) in [5.41, 5.74) is 1.27. The summed E-state index contributed by atoms with van der Waals surface area (Å²) in [6.07, 6.45) is 2.07. The largest absolute Gasteiger partial charge is 0.497 e. The second-order valence-electron chi connectivity index (χ2n) is 4.95. The molecule has 1 aromatic carbocycles. The third kappa shape index (κ3) is 4.48. The molecule has 0 bridgehead atoms. The highest BCUT2D eigenvalue weighted by Crippen LogP contribution is 2.29. The summed E-state index contributed by atoms with van der Waals surface area (Å²) < 4.78 is 10.6. The molecule has 0 fully saturated rings. The van der Waals surface area contributed by atoms with Crippen LogP contribution in [0, 0.1) is 0 Å². The van der Waals surface area contributed by atoms with Crippen LogP contribution in [0.15, 0.2) is 35.7 Å². The normalized spacial score (nSPS) is 12.1. The zero-order valence-electron chi connectivity index (χ0n) is 12.9. The number of hydrogen-bond donors (Lipinski definition) is 1. The van der Waals surface area contributed by atoms with Crippen LogP contribution in [0.25, 0.3) is 0 Å². The zero-order valence-corrected chi connectivity index (χ0v) is 13.7. The zero-order chi connectivity index (χ0) is 15.1. The third-order valence-electron chi connectivity index (χ3n) is 3.39. The molecule has 0 saturated heterocycles. The second-order valence-corrected chi connectivity index (χ2v) is 5.89. The van der Waals surface area contributed by atoms with Crippen molar-refractivity contribution in [1.82, 2.24) is 5.32 Å². The van der Waals surface area contributed by atoms with Gasteiger partial charge in [0.2, 0.25) is 0 Å². The molecule has 114 valence electrons. The second kappa shape index (κ2) is 8.05. The minimum atomic E-state index is 0.311. The molecule has 0 aliphatic rings. The van der Waals surface area contributed by atoms with Gasteiger partial charge in [-0.25, -0.2) is 0 Å². The highest BCUT2D eigenvalue weighted by Gasteiger charge is 2.14. The van der Waals surface area contributed by atoms with E-state index < -0.39 is 0 Å². The molecule has 0 aliphatic heterocycles. The van der Waals surface area contributed by atoms with Gasteiger partial charge >= 0.3 is 0 Å². The Hall–Kier alpha value is -1.52.